The quantitative estimate of drug-likeness (QED) is 0.772. The molecule has 2 aromatic rings. The standard InChI is InChI=1S/C7H9N5OS/c1-5-6(14-11-9-5)2-12-4-8-10-7(12)3-13/h4,13H,2-3H2,1H3. The second kappa shape index (κ2) is 3.81. The monoisotopic (exact) mass is 211 g/mol. The van der Waals surface area contributed by atoms with E-state index in [4.69, 9.17) is 5.11 Å². The molecule has 0 unspecified atom stereocenters. The van der Waals surface area contributed by atoms with E-state index in [2.05, 4.69) is 19.8 Å². The number of hydrogen-bond donors (Lipinski definition) is 1. The van der Waals surface area contributed by atoms with Gasteiger partial charge >= 0.3 is 0 Å². The lowest BCUT2D eigenvalue weighted by Gasteiger charge is -2.01. The normalized spacial score (nSPS) is 10.7. The molecule has 2 rings (SSSR count). The van der Waals surface area contributed by atoms with Gasteiger partial charge in [0.1, 0.15) is 12.9 Å². The van der Waals surface area contributed by atoms with Crippen molar-refractivity contribution < 1.29 is 5.11 Å². The minimum atomic E-state index is -0.106. The molecule has 0 aliphatic heterocycles. The Morgan fingerprint density at radius 2 is 2.36 bits per heavy atom. The minimum Gasteiger partial charge on any atom is -0.388 e. The molecule has 0 spiro atoms. The Kier molecular flexibility index (Phi) is 2.51. The van der Waals surface area contributed by atoms with E-state index in [1.165, 1.54) is 11.5 Å². The van der Waals surface area contributed by atoms with E-state index < -0.39 is 0 Å². The number of aromatic nitrogens is 5. The molecule has 0 radical (unpaired) electrons. The van der Waals surface area contributed by atoms with Crippen molar-refractivity contribution in [1.82, 2.24) is 24.4 Å². The van der Waals surface area contributed by atoms with Crippen molar-refractivity contribution in [2.75, 3.05) is 0 Å². The first-order chi connectivity index (χ1) is 6.81. The summed E-state index contributed by atoms with van der Waals surface area (Å²) in [4.78, 5) is 1.06. The van der Waals surface area contributed by atoms with E-state index in [1.807, 2.05) is 6.92 Å². The first kappa shape index (κ1) is 9.22. The van der Waals surface area contributed by atoms with Crippen molar-refractivity contribution in [1.29, 1.82) is 0 Å². The molecule has 0 aliphatic rings. The minimum absolute atomic E-state index is 0.106. The van der Waals surface area contributed by atoms with Crippen molar-refractivity contribution in [3.8, 4) is 0 Å². The van der Waals surface area contributed by atoms with Gasteiger partial charge in [0.15, 0.2) is 5.82 Å². The average Bonchev–Trinajstić information content (AvgIpc) is 2.77. The summed E-state index contributed by atoms with van der Waals surface area (Å²) in [6.07, 6.45) is 1.59. The highest BCUT2D eigenvalue weighted by Crippen LogP contribution is 2.11. The second-order valence-corrected chi connectivity index (χ2v) is 3.65. The van der Waals surface area contributed by atoms with Crippen LogP contribution in [0, 0.1) is 6.92 Å². The van der Waals surface area contributed by atoms with Gasteiger partial charge in [-0.05, 0) is 18.5 Å². The van der Waals surface area contributed by atoms with Gasteiger partial charge in [0.05, 0.1) is 17.1 Å². The molecule has 0 saturated carbocycles. The molecule has 0 atom stereocenters. The number of aliphatic hydroxyl groups is 1. The smallest absolute Gasteiger partial charge is 0.158 e. The van der Waals surface area contributed by atoms with Crippen LogP contribution in [0.1, 0.15) is 16.4 Å². The van der Waals surface area contributed by atoms with E-state index in [9.17, 15) is 0 Å². The maximum atomic E-state index is 8.95. The molecule has 0 aliphatic carbocycles. The number of aliphatic hydroxyl groups excluding tert-OH is 1. The van der Waals surface area contributed by atoms with Gasteiger partial charge < -0.3 is 9.67 Å². The van der Waals surface area contributed by atoms with Crippen molar-refractivity contribution in [2.45, 2.75) is 20.1 Å². The molecule has 0 saturated heterocycles. The molecule has 1 N–H and O–H groups in total. The first-order valence-electron chi connectivity index (χ1n) is 4.06. The van der Waals surface area contributed by atoms with Gasteiger partial charge in [0.25, 0.3) is 0 Å². The molecule has 6 nitrogen and oxygen atoms in total. The Bertz CT molecular complexity index is 423. The van der Waals surface area contributed by atoms with E-state index in [0.717, 1.165) is 10.6 Å². The van der Waals surface area contributed by atoms with Crippen LogP contribution in [0.3, 0.4) is 0 Å². The molecule has 74 valence electrons. The van der Waals surface area contributed by atoms with Crippen molar-refractivity contribution in [2.24, 2.45) is 0 Å². The molecule has 0 bridgehead atoms. The van der Waals surface area contributed by atoms with E-state index in [-0.39, 0.29) is 6.61 Å². The predicted octanol–water partition coefficient (Wildman–Crippen LogP) is -0.0214. The molecular weight excluding hydrogens is 202 g/mol. The summed E-state index contributed by atoms with van der Waals surface area (Å²) in [6, 6.07) is 0. The molecule has 2 heterocycles. The lowest BCUT2D eigenvalue weighted by Crippen LogP contribution is -2.03. The van der Waals surface area contributed by atoms with Gasteiger partial charge in [-0.25, -0.2) is 0 Å². The van der Waals surface area contributed by atoms with Gasteiger partial charge in [0.2, 0.25) is 0 Å². The highest BCUT2D eigenvalue weighted by molar-refractivity contribution is 7.05. The van der Waals surface area contributed by atoms with Gasteiger partial charge in [-0.3, -0.25) is 0 Å². The molecule has 0 amide bonds. The van der Waals surface area contributed by atoms with Crippen LogP contribution in [-0.2, 0) is 13.2 Å². The largest absolute Gasteiger partial charge is 0.388 e. The molecule has 2 aromatic heterocycles. The van der Waals surface area contributed by atoms with Crippen LogP contribution in [0.25, 0.3) is 0 Å². The lowest BCUT2D eigenvalue weighted by atomic mass is 10.4. The zero-order valence-electron chi connectivity index (χ0n) is 7.58. The summed E-state index contributed by atoms with van der Waals surface area (Å²) in [5.41, 5.74) is 0.910. The van der Waals surface area contributed by atoms with Crippen molar-refractivity contribution in [3.05, 3.63) is 22.7 Å². The number of rotatable bonds is 3. The Hall–Kier alpha value is -1.34. The topological polar surface area (TPSA) is 76.7 Å². The van der Waals surface area contributed by atoms with Crippen LogP contribution in [0.5, 0.6) is 0 Å². The van der Waals surface area contributed by atoms with Gasteiger partial charge in [0, 0.05) is 0 Å². The fourth-order valence-corrected chi connectivity index (χ4v) is 1.72. The fraction of sp³-hybridized carbons (Fsp3) is 0.429. The maximum Gasteiger partial charge on any atom is 0.158 e. The third-order valence-corrected chi connectivity index (χ3v) is 2.70. The third-order valence-electron chi connectivity index (χ3n) is 1.90. The molecule has 7 heteroatoms. The summed E-state index contributed by atoms with van der Waals surface area (Å²) < 4.78 is 5.61. The SMILES string of the molecule is Cc1nnsc1Cn1cnnc1CO. The Morgan fingerprint density at radius 1 is 1.50 bits per heavy atom. The van der Waals surface area contributed by atoms with Crippen LogP contribution >= 0.6 is 11.5 Å². The Morgan fingerprint density at radius 3 is 3.00 bits per heavy atom. The number of nitrogens with zero attached hydrogens (tertiary/aromatic N) is 5. The van der Waals surface area contributed by atoms with Crippen molar-refractivity contribution in [3.63, 3.8) is 0 Å². The summed E-state index contributed by atoms with van der Waals surface area (Å²) >= 11 is 1.35. The molecule has 14 heavy (non-hydrogen) atoms. The summed E-state index contributed by atoms with van der Waals surface area (Å²) in [5.74, 6) is 0.554. The summed E-state index contributed by atoms with van der Waals surface area (Å²) in [5, 5.41) is 20.4. The molecule has 0 aromatic carbocycles. The fourth-order valence-electron chi connectivity index (χ4n) is 1.08. The highest BCUT2D eigenvalue weighted by Gasteiger charge is 2.07. The van der Waals surface area contributed by atoms with Crippen LogP contribution in [0.4, 0.5) is 0 Å². The second-order valence-electron chi connectivity index (χ2n) is 2.81. The van der Waals surface area contributed by atoms with Crippen molar-refractivity contribution >= 4 is 11.5 Å². The predicted molar refractivity (Wildman–Crippen MR) is 49.7 cm³/mol. The van der Waals surface area contributed by atoms with E-state index >= 15 is 0 Å². The van der Waals surface area contributed by atoms with Crippen LogP contribution in [-0.4, -0.2) is 29.5 Å². The zero-order valence-corrected chi connectivity index (χ0v) is 8.40. The molecule has 0 fully saturated rings. The first-order valence-corrected chi connectivity index (χ1v) is 4.84. The van der Waals surface area contributed by atoms with Gasteiger partial charge in [-0.2, -0.15) is 0 Å². The number of hydrogen-bond acceptors (Lipinski definition) is 6. The zero-order chi connectivity index (χ0) is 9.97. The summed E-state index contributed by atoms with van der Waals surface area (Å²) in [6.45, 7) is 2.42. The lowest BCUT2D eigenvalue weighted by molar-refractivity contribution is 0.265. The third kappa shape index (κ3) is 1.64. The maximum absolute atomic E-state index is 8.95. The molecular formula is C7H9N5OS. The van der Waals surface area contributed by atoms with E-state index in [0.29, 0.717) is 12.4 Å². The van der Waals surface area contributed by atoms with Gasteiger partial charge in [-0.1, -0.05) is 4.49 Å². The highest BCUT2D eigenvalue weighted by atomic mass is 32.1. The van der Waals surface area contributed by atoms with E-state index in [1.54, 1.807) is 10.9 Å². The van der Waals surface area contributed by atoms with Gasteiger partial charge in [-0.15, -0.1) is 15.3 Å². The number of aryl methyl sites for hydroxylation is 1. The van der Waals surface area contributed by atoms with Crippen LogP contribution in [0.15, 0.2) is 6.33 Å². The van der Waals surface area contributed by atoms with Crippen LogP contribution < -0.4 is 0 Å². The Balaban J connectivity index is 2.22. The van der Waals surface area contributed by atoms with Crippen LogP contribution in [0.2, 0.25) is 0 Å². The summed E-state index contributed by atoms with van der Waals surface area (Å²) in [7, 11) is 0. The average molecular weight is 211 g/mol. The Labute approximate surface area is 84.4 Å².